The summed E-state index contributed by atoms with van der Waals surface area (Å²) in [4.78, 5) is 19.7. The van der Waals surface area contributed by atoms with Crippen molar-refractivity contribution in [3.8, 4) is 5.75 Å². The first-order chi connectivity index (χ1) is 11.3. The lowest BCUT2D eigenvalue weighted by Crippen LogP contribution is -2.08. The molecule has 10 nitrogen and oxygen atoms in total. The fourth-order valence-corrected chi connectivity index (χ4v) is 3.20. The topological polar surface area (TPSA) is 142 Å². The second-order valence-electron chi connectivity index (χ2n) is 4.66. The minimum Gasteiger partial charge on any atom is -0.438 e. The van der Waals surface area contributed by atoms with Gasteiger partial charge in [-0.3, -0.25) is 20.2 Å². The van der Waals surface area contributed by atoms with Crippen molar-refractivity contribution in [3.05, 3.63) is 68.3 Å². The molecule has 1 aliphatic heterocycles. The summed E-state index contributed by atoms with van der Waals surface area (Å²) < 4.78 is 32.8. The molecule has 122 valence electrons. The van der Waals surface area contributed by atoms with Gasteiger partial charge in [0, 0.05) is 24.3 Å². The van der Waals surface area contributed by atoms with E-state index in [9.17, 15) is 28.6 Å². The summed E-state index contributed by atoms with van der Waals surface area (Å²) >= 11 is 0. The van der Waals surface area contributed by atoms with Crippen LogP contribution < -0.4 is 4.74 Å². The third kappa shape index (κ3) is 2.67. The minimum atomic E-state index is -4.10. The van der Waals surface area contributed by atoms with Crippen LogP contribution in [0.25, 0.3) is 0 Å². The lowest BCUT2D eigenvalue weighted by atomic mass is 10.2. The second-order valence-corrected chi connectivity index (χ2v) is 6.23. The molecule has 0 fully saturated rings. The number of hydrogen-bond acceptors (Lipinski definition) is 7. The van der Waals surface area contributed by atoms with Gasteiger partial charge in [-0.2, -0.15) is 8.42 Å². The number of hydrogen-bond donors (Lipinski definition) is 0. The molecule has 0 unspecified atom stereocenters. The maximum absolute atomic E-state index is 12.0. The molecular formula is C13H7N3O7S. The van der Waals surface area contributed by atoms with Crippen molar-refractivity contribution in [2.45, 2.75) is 4.90 Å². The number of nitro groups is 2. The summed E-state index contributed by atoms with van der Waals surface area (Å²) in [6.45, 7) is 0. The first-order valence-electron chi connectivity index (χ1n) is 6.34. The van der Waals surface area contributed by atoms with Gasteiger partial charge in [-0.25, -0.2) is 0 Å². The predicted octanol–water partition coefficient (Wildman–Crippen LogP) is 2.03. The van der Waals surface area contributed by atoms with Crippen molar-refractivity contribution in [1.82, 2.24) is 0 Å². The van der Waals surface area contributed by atoms with E-state index in [0.29, 0.717) is 0 Å². The second kappa shape index (κ2) is 5.38. The lowest BCUT2D eigenvalue weighted by Gasteiger charge is -2.05. The van der Waals surface area contributed by atoms with E-state index in [-0.39, 0.29) is 33.5 Å². The fraction of sp³-hybridized carbons (Fsp3) is 0. The number of non-ortho nitro benzene ring substituents is 2. The summed E-state index contributed by atoms with van der Waals surface area (Å²) in [5.74, 6) is -0.116. The molecule has 1 heterocycles. The molecule has 3 rings (SSSR count). The van der Waals surface area contributed by atoms with Crippen LogP contribution in [-0.4, -0.2) is 24.2 Å². The van der Waals surface area contributed by atoms with Gasteiger partial charge in [0.15, 0.2) is 0 Å². The van der Waals surface area contributed by atoms with Crippen molar-refractivity contribution >= 4 is 27.3 Å². The van der Waals surface area contributed by atoms with E-state index in [1.807, 2.05) is 0 Å². The average molecular weight is 349 g/mol. The number of fused-ring (bicyclic) bond motifs is 1. The molecule has 0 atom stereocenters. The normalized spacial score (nSPS) is 14.6. The van der Waals surface area contributed by atoms with E-state index in [2.05, 4.69) is 4.40 Å². The molecule has 11 heteroatoms. The highest BCUT2D eigenvalue weighted by molar-refractivity contribution is 7.90. The smallest absolute Gasteiger partial charge is 0.286 e. The van der Waals surface area contributed by atoms with Gasteiger partial charge in [0.1, 0.15) is 10.6 Å². The van der Waals surface area contributed by atoms with E-state index >= 15 is 0 Å². The van der Waals surface area contributed by atoms with E-state index in [1.165, 1.54) is 30.3 Å². The molecule has 0 saturated carbocycles. The van der Waals surface area contributed by atoms with E-state index in [1.54, 1.807) is 0 Å². The van der Waals surface area contributed by atoms with E-state index in [4.69, 9.17) is 4.74 Å². The molecule has 0 N–H and O–H groups in total. The van der Waals surface area contributed by atoms with Gasteiger partial charge in [-0.15, -0.1) is 4.40 Å². The largest absolute Gasteiger partial charge is 0.438 e. The van der Waals surface area contributed by atoms with Crippen LogP contribution in [0.4, 0.5) is 11.4 Å². The van der Waals surface area contributed by atoms with Crippen LogP contribution in [0.15, 0.2) is 51.8 Å². The Hall–Kier alpha value is -3.34. The molecule has 0 spiro atoms. The Balaban J connectivity index is 1.97. The Bertz CT molecular complexity index is 997. The quantitative estimate of drug-likeness (QED) is 0.609. The zero-order valence-corrected chi connectivity index (χ0v) is 12.5. The molecular weight excluding hydrogens is 342 g/mol. The molecule has 24 heavy (non-hydrogen) atoms. The van der Waals surface area contributed by atoms with Gasteiger partial charge in [0.25, 0.3) is 21.4 Å². The van der Waals surface area contributed by atoms with Crippen LogP contribution in [0.3, 0.4) is 0 Å². The lowest BCUT2D eigenvalue weighted by molar-refractivity contribution is -0.385. The molecule has 1 aliphatic rings. The van der Waals surface area contributed by atoms with Crippen LogP contribution in [0, 0.1) is 20.2 Å². The number of nitro benzene ring substituents is 2. The molecule has 0 amide bonds. The molecule has 0 aromatic heterocycles. The molecule has 2 aromatic rings. The SMILES string of the molecule is O=[N+]([O-])c1ccc(OC2=NS(=O)(=O)c3cc([N+](=O)[O-])ccc32)cc1. The number of benzene rings is 2. The summed E-state index contributed by atoms with van der Waals surface area (Å²) in [6.07, 6.45) is 0. The minimum absolute atomic E-state index is 0.0824. The monoisotopic (exact) mass is 349 g/mol. The van der Waals surface area contributed by atoms with E-state index in [0.717, 1.165) is 12.1 Å². The van der Waals surface area contributed by atoms with Crippen LogP contribution in [0.2, 0.25) is 0 Å². The molecule has 0 saturated heterocycles. The Morgan fingerprint density at radius 3 is 2.08 bits per heavy atom. The number of ether oxygens (including phenoxy) is 1. The number of sulfonamides is 1. The van der Waals surface area contributed by atoms with Gasteiger partial charge >= 0.3 is 0 Å². The van der Waals surface area contributed by atoms with Crippen molar-refractivity contribution in [2.24, 2.45) is 4.40 Å². The van der Waals surface area contributed by atoms with Crippen LogP contribution >= 0.6 is 0 Å². The maximum Gasteiger partial charge on any atom is 0.286 e. The summed E-state index contributed by atoms with van der Waals surface area (Å²) in [5.41, 5.74) is -0.456. The van der Waals surface area contributed by atoms with Crippen molar-refractivity contribution in [2.75, 3.05) is 0 Å². The van der Waals surface area contributed by atoms with Gasteiger partial charge in [0.05, 0.1) is 15.4 Å². The Morgan fingerprint density at radius 2 is 1.50 bits per heavy atom. The molecule has 0 bridgehead atoms. The summed E-state index contributed by atoms with van der Waals surface area (Å²) in [7, 11) is -4.10. The van der Waals surface area contributed by atoms with Crippen LogP contribution in [0.1, 0.15) is 5.56 Å². The Kier molecular flexibility index (Phi) is 3.49. The van der Waals surface area contributed by atoms with Crippen LogP contribution in [0.5, 0.6) is 5.75 Å². The summed E-state index contributed by atoms with van der Waals surface area (Å²) in [5, 5.41) is 21.4. The number of nitrogens with zero attached hydrogens (tertiary/aromatic N) is 3. The highest BCUT2D eigenvalue weighted by Gasteiger charge is 2.32. The average Bonchev–Trinajstić information content (AvgIpc) is 2.78. The zero-order chi connectivity index (χ0) is 17.5. The van der Waals surface area contributed by atoms with Gasteiger partial charge in [0.2, 0.25) is 5.90 Å². The molecule has 2 aromatic carbocycles. The van der Waals surface area contributed by atoms with Crippen LogP contribution in [-0.2, 0) is 10.0 Å². The Labute approximate surface area is 134 Å². The third-order valence-corrected chi connectivity index (χ3v) is 4.45. The third-order valence-electron chi connectivity index (χ3n) is 3.15. The Morgan fingerprint density at radius 1 is 0.917 bits per heavy atom. The predicted molar refractivity (Wildman–Crippen MR) is 80.5 cm³/mol. The van der Waals surface area contributed by atoms with Gasteiger partial charge < -0.3 is 4.74 Å². The van der Waals surface area contributed by atoms with Crippen molar-refractivity contribution in [1.29, 1.82) is 0 Å². The zero-order valence-electron chi connectivity index (χ0n) is 11.6. The summed E-state index contributed by atoms with van der Waals surface area (Å²) in [6, 6.07) is 8.22. The van der Waals surface area contributed by atoms with Crippen molar-refractivity contribution in [3.63, 3.8) is 0 Å². The maximum atomic E-state index is 12.0. The number of rotatable bonds is 3. The molecule has 0 radical (unpaired) electrons. The molecule has 0 aliphatic carbocycles. The van der Waals surface area contributed by atoms with Gasteiger partial charge in [-0.1, -0.05) is 0 Å². The van der Waals surface area contributed by atoms with E-state index < -0.39 is 19.9 Å². The first-order valence-corrected chi connectivity index (χ1v) is 7.78. The van der Waals surface area contributed by atoms with Gasteiger partial charge in [-0.05, 0) is 18.2 Å². The first kappa shape index (κ1) is 15.6. The van der Waals surface area contributed by atoms with Crippen molar-refractivity contribution < 1.29 is 23.0 Å². The highest BCUT2D eigenvalue weighted by Crippen LogP contribution is 2.31. The fourth-order valence-electron chi connectivity index (χ4n) is 2.04. The highest BCUT2D eigenvalue weighted by atomic mass is 32.2. The standard InChI is InChI=1S/C13H7N3O7S/c17-15(18)8-1-4-10(5-2-8)23-13-11-6-3-9(16(19)20)7-12(11)24(21,22)14-13/h1-7H.